The van der Waals surface area contributed by atoms with Crippen molar-refractivity contribution < 1.29 is 23.4 Å². The molecule has 0 unspecified atom stereocenters. The Balaban J connectivity index is 1.50. The lowest BCUT2D eigenvalue weighted by Gasteiger charge is -2.46. The summed E-state index contributed by atoms with van der Waals surface area (Å²) in [6, 6.07) is 0.110. The molecule has 7 heteroatoms. The van der Waals surface area contributed by atoms with Crippen molar-refractivity contribution in [2.75, 3.05) is 26.3 Å². The maximum atomic E-state index is 14.0. The molecule has 2 saturated carbocycles. The molecular weight excluding hydrogens is 390 g/mol. The van der Waals surface area contributed by atoms with Crippen LogP contribution in [-0.2, 0) is 9.53 Å². The summed E-state index contributed by atoms with van der Waals surface area (Å²) < 4.78 is 33.7. The van der Waals surface area contributed by atoms with E-state index in [1.807, 2.05) is 0 Å². The van der Waals surface area contributed by atoms with Gasteiger partial charge < -0.3 is 19.6 Å². The molecule has 3 rings (SSSR count). The van der Waals surface area contributed by atoms with Gasteiger partial charge in [0, 0.05) is 50.7 Å². The monoisotopic (exact) mass is 430 g/mol. The van der Waals surface area contributed by atoms with Crippen LogP contribution in [0.1, 0.15) is 78.1 Å². The molecule has 1 saturated heterocycles. The second-order valence-corrected chi connectivity index (χ2v) is 9.89. The van der Waals surface area contributed by atoms with E-state index >= 15 is 0 Å². The average molecular weight is 431 g/mol. The van der Waals surface area contributed by atoms with Gasteiger partial charge in [-0.1, -0.05) is 0 Å². The number of aliphatic hydroxyl groups excluding tert-OH is 1. The lowest BCUT2D eigenvalue weighted by Crippen LogP contribution is -2.55. The third-order valence-corrected chi connectivity index (χ3v) is 7.32. The predicted octanol–water partition coefficient (Wildman–Crippen LogP) is 3.83. The largest absolute Gasteiger partial charge is 0.387 e. The van der Waals surface area contributed by atoms with Crippen LogP contribution < -0.4 is 0 Å². The standard InChI is InChI=1S/C23H40F2N2O3/c1-17(2)30-16-18-5-7-19(8-6-18)26-12-9-20(10-13-26)27(22(29)15-28)21-4-3-11-23(24,25)14-21/h17-21,28H,3-16H2,1-2H3/t18?,19?,21-/m1/s1. The summed E-state index contributed by atoms with van der Waals surface area (Å²) in [6.45, 7) is 6.23. The maximum Gasteiger partial charge on any atom is 0.250 e. The summed E-state index contributed by atoms with van der Waals surface area (Å²) in [5.74, 6) is -2.43. The fraction of sp³-hybridized carbons (Fsp3) is 0.957. The molecular formula is C23H40F2N2O3. The topological polar surface area (TPSA) is 53.0 Å². The first-order valence-electron chi connectivity index (χ1n) is 11.9. The Kier molecular flexibility index (Phi) is 8.50. The number of alkyl halides is 2. The van der Waals surface area contributed by atoms with Gasteiger partial charge in [0.1, 0.15) is 6.61 Å². The first-order valence-corrected chi connectivity index (χ1v) is 11.9. The van der Waals surface area contributed by atoms with E-state index in [0.717, 1.165) is 32.5 Å². The molecule has 0 spiro atoms. The molecule has 2 aliphatic carbocycles. The molecule has 3 fully saturated rings. The van der Waals surface area contributed by atoms with Gasteiger partial charge in [-0.05, 0) is 71.1 Å². The van der Waals surface area contributed by atoms with E-state index in [-0.39, 0.29) is 30.9 Å². The summed E-state index contributed by atoms with van der Waals surface area (Å²) in [6.07, 6.45) is 7.38. The number of carbonyl (C=O) groups is 1. The Morgan fingerprint density at radius 2 is 1.77 bits per heavy atom. The molecule has 5 nitrogen and oxygen atoms in total. The molecule has 30 heavy (non-hydrogen) atoms. The Morgan fingerprint density at radius 1 is 1.10 bits per heavy atom. The third-order valence-electron chi connectivity index (χ3n) is 7.32. The summed E-state index contributed by atoms with van der Waals surface area (Å²) in [5, 5.41) is 9.46. The van der Waals surface area contributed by atoms with Gasteiger partial charge in [-0.3, -0.25) is 4.79 Å². The van der Waals surface area contributed by atoms with Gasteiger partial charge in [0.25, 0.3) is 0 Å². The molecule has 1 N–H and O–H groups in total. The quantitative estimate of drug-likeness (QED) is 0.667. The van der Waals surface area contributed by atoms with Crippen LogP contribution in [0.2, 0.25) is 0 Å². The first kappa shape index (κ1) is 23.9. The number of hydrogen-bond donors (Lipinski definition) is 1. The van der Waals surface area contributed by atoms with Gasteiger partial charge in [0.15, 0.2) is 0 Å². The predicted molar refractivity (Wildman–Crippen MR) is 113 cm³/mol. The van der Waals surface area contributed by atoms with Crippen LogP contribution in [0.25, 0.3) is 0 Å². The van der Waals surface area contributed by atoms with Crippen molar-refractivity contribution in [3.8, 4) is 0 Å². The molecule has 1 atom stereocenters. The number of amides is 1. The lowest BCUT2D eigenvalue weighted by molar-refractivity contribution is -0.146. The van der Waals surface area contributed by atoms with Crippen molar-refractivity contribution >= 4 is 5.91 Å². The smallest absolute Gasteiger partial charge is 0.250 e. The van der Waals surface area contributed by atoms with Crippen molar-refractivity contribution in [2.24, 2.45) is 5.92 Å². The highest BCUT2D eigenvalue weighted by molar-refractivity contribution is 5.78. The van der Waals surface area contributed by atoms with Crippen molar-refractivity contribution in [1.29, 1.82) is 0 Å². The number of piperidine rings is 1. The number of hydrogen-bond acceptors (Lipinski definition) is 4. The van der Waals surface area contributed by atoms with Gasteiger partial charge >= 0.3 is 0 Å². The Labute approximate surface area is 180 Å². The van der Waals surface area contributed by atoms with Crippen molar-refractivity contribution in [1.82, 2.24) is 9.80 Å². The zero-order valence-electron chi connectivity index (χ0n) is 18.7. The van der Waals surface area contributed by atoms with Crippen LogP contribution in [0.4, 0.5) is 8.78 Å². The third kappa shape index (κ3) is 6.36. The zero-order chi connectivity index (χ0) is 21.7. The number of likely N-dealkylation sites (tertiary alicyclic amines) is 1. The van der Waals surface area contributed by atoms with Crippen molar-refractivity contribution in [3.63, 3.8) is 0 Å². The number of carbonyl (C=O) groups excluding carboxylic acids is 1. The van der Waals surface area contributed by atoms with E-state index in [0.29, 0.717) is 24.8 Å². The van der Waals surface area contributed by atoms with E-state index in [1.54, 1.807) is 4.90 Å². The van der Waals surface area contributed by atoms with Crippen LogP contribution in [0, 0.1) is 5.92 Å². The fourth-order valence-electron chi connectivity index (χ4n) is 5.70. The number of nitrogens with zero attached hydrogens (tertiary/aromatic N) is 2. The minimum atomic E-state index is -2.70. The van der Waals surface area contributed by atoms with E-state index in [1.165, 1.54) is 25.7 Å². The Hall–Kier alpha value is -0.790. The summed E-state index contributed by atoms with van der Waals surface area (Å²) in [7, 11) is 0. The Morgan fingerprint density at radius 3 is 2.33 bits per heavy atom. The van der Waals surface area contributed by atoms with Gasteiger partial charge in [-0.15, -0.1) is 0 Å². The summed E-state index contributed by atoms with van der Waals surface area (Å²) >= 11 is 0. The Bertz CT molecular complexity index is 545. The van der Waals surface area contributed by atoms with E-state index in [9.17, 15) is 18.7 Å². The van der Waals surface area contributed by atoms with Crippen LogP contribution in [-0.4, -0.2) is 77.3 Å². The van der Waals surface area contributed by atoms with Gasteiger partial charge in [-0.2, -0.15) is 0 Å². The highest BCUT2D eigenvalue weighted by Crippen LogP contribution is 2.38. The summed E-state index contributed by atoms with van der Waals surface area (Å²) in [4.78, 5) is 16.6. The molecule has 0 aromatic heterocycles. The molecule has 174 valence electrons. The van der Waals surface area contributed by atoms with Gasteiger partial charge in [0.2, 0.25) is 11.8 Å². The molecule has 1 heterocycles. The minimum absolute atomic E-state index is 0.0319. The van der Waals surface area contributed by atoms with E-state index < -0.39 is 18.6 Å². The zero-order valence-corrected chi connectivity index (χ0v) is 18.7. The maximum absolute atomic E-state index is 14.0. The average Bonchev–Trinajstić information content (AvgIpc) is 2.72. The fourth-order valence-corrected chi connectivity index (χ4v) is 5.70. The molecule has 1 amide bonds. The highest BCUT2D eigenvalue weighted by Gasteiger charge is 2.42. The molecule has 0 bridgehead atoms. The summed E-state index contributed by atoms with van der Waals surface area (Å²) in [5.41, 5.74) is 0. The van der Waals surface area contributed by atoms with E-state index in [2.05, 4.69) is 18.7 Å². The second kappa shape index (κ2) is 10.7. The first-order chi connectivity index (χ1) is 14.3. The van der Waals surface area contributed by atoms with Crippen LogP contribution in [0.3, 0.4) is 0 Å². The van der Waals surface area contributed by atoms with Crippen molar-refractivity contribution in [3.05, 3.63) is 0 Å². The second-order valence-electron chi connectivity index (χ2n) is 9.89. The molecule has 3 aliphatic rings. The lowest BCUT2D eigenvalue weighted by atomic mass is 9.84. The number of halogens is 2. The molecule has 0 radical (unpaired) electrons. The number of aliphatic hydroxyl groups is 1. The normalized spacial score (nSPS) is 31.1. The molecule has 1 aliphatic heterocycles. The number of rotatable bonds is 7. The SMILES string of the molecule is CC(C)OCC1CCC(N2CCC(N(C(=O)CO)[C@@H]3CCCC(F)(F)C3)CC2)CC1. The highest BCUT2D eigenvalue weighted by atomic mass is 19.3. The van der Waals surface area contributed by atoms with Crippen LogP contribution in [0.15, 0.2) is 0 Å². The molecule has 0 aromatic rings. The van der Waals surface area contributed by atoms with Gasteiger partial charge in [0.05, 0.1) is 6.10 Å². The van der Waals surface area contributed by atoms with Crippen molar-refractivity contribution in [2.45, 2.75) is 108 Å². The van der Waals surface area contributed by atoms with E-state index in [4.69, 9.17) is 4.74 Å². The molecule has 0 aromatic carbocycles. The van der Waals surface area contributed by atoms with Crippen LogP contribution >= 0.6 is 0 Å². The van der Waals surface area contributed by atoms with Crippen LogP contribution in [0.5, 0.6) is 0 Å². The minimum Gasteiger partial charge on any atom is -0.387 e. The number of ether oxygens (including phenoxy) is 1. The van der Waals surface area contributed by atoms with Gasteiger partial charge in [-0.25, -0.2) is 8.78 Å².